The molecule has 2 amide bonds. The number of nitrogens with zero attached hydrogens (tertiary/aromatic N) is 1. The van der Waals surface area contributed by atoms with E-state index in [4.69, 9.17) is 0 Å². The van der Waals surface area contributed by atoms with Gasteiger partial charge in [0.25, 0.3) is 11.8 Å². The summed E-state index contributed by atoms with van der Waals surface area (Å²) in [5.74, 6) is -0.0293. The summed E-state index contributed by atoms with van der Waals surface area (Å²) in [4.78, 5) is 28.5. The summed E-state index contributed by atoms with van der Waals surface area (Å²) in [6, 6.07) is 12.8. The summed E-state index contributed by atoms with van der Waals surface area (Å²) < 4.78 is 0. The highest BCUT2D eigenvalue weighted by Gasteiger charge is 2.12. The number of nitrogens with one attached hydrogen (secondary N) is 2. The van der Waals surface area contributed by atoms with Gasteiger partial charge < -0.3 is 10.6 Å². The van der Waals surface area contributed by atoms with Crippen LogP contribution in [0.5, 0.6) is 0 Å². The molecule has 5 heteroatoms. The van der Waals surface area contributed by atoms with Crippen molar-refractivity contribution in [1.29, 1.82) is 0 Å². The molecule has 25 heavy (non-hydrogen) atoms. The molecule has 0 saturated carbocycles. The highest BCUT2D eigenvalue weighted by Crippen LogP contribution is 2.04. The zero-order valence-corrected chi connectivity index (χ0v) is 15.0. The SMILES string of the molecule is Cc1ccc(CNC(=O)c2cccc(C(=O)NCCC(C)C)n2)cc1. The Bertz CT molecular complexity index is 724. The number of benzene rings is 1. The first-order chi connectivity index (χ1) is 12.0. The Kier molecular flexibility index (Phi) is 6.69. The lowest BCUT2D eigenvalue weighted by Gasteiger charge is -2.08. The summed E-state index contributed by atoms with van der Waals surface area (Å²) in [5.41, 5.74) is 2.69. The molecule has 0 atom stereocenters. The summed E-state index contributed by atoms with van der Waals surface area (Å²) in [7, 11) is 0. The van der Waals surface area contributed by atoms with Crippen LogP contribution in [0.1, 0.15) is 52.4 Å². The fourth-order valence-electron chi connectivity index (χ4n) is 2.23. The van der Waals surface area contributed by atoms with Crippen LogP contribution in [-0.4, -0.2) is 23.3 Å². The summed E-state index contributed by atoms with van der Waals surface area (Å²) >= 11 is 0. The van der Waals surface area contributed by atoms with E-state index in [1.54, 1.807) is 18.2 Å². The molecule has 0 aliphatic heterocycles. The zero-order chi connectivity index (χ0) is 18.2. The number of hydrogen-bond acceptors (Lipinski definition) is 3. The first-order valence-electron chi connectivity index (χ1n) is 8.54. The Balaban J connectivity index is 1.93. The van der Waals surface area contributed by atoms with E-state index < -0.39 is 0 Å². The van der Waals surface area contributed by atoms with E-state index >= 15 is 0 Å². The van der Waals surface area contributed by atoms with E-state index in [1.165, 1.54) is 5.56 Å². The molecule has 0 spiro atoms. The molecule has 5 nitrogen and oxygen atoms in total. The van der Waals surface area contributed by atoms with Crippen molar-refractivity contribution in [2.45, 2.75) is 33.7 Å². The molecule has 0 aliphatic rings. The van der Waals surface area contributed by atoms with Crippen molar-refractivity contribution in [2.24, 2.45) is 5.92 Å². The predicted molar refractivity (Wildman–Crippen MR) is 98.4 cm³/mol. The number of pyridine rings is 1. The van der Waals surface area contributed by atoms with E-state index in [2.05, 4.69) is 29.5 Å². The van der Waals surface area contributed by atoms with Crippen LogP contribution in [0.15, 0.2) is 42.5 Å². The predicted octanol–water partition coefficient (Wildman–Crippen LogP) is 3.10. The molecule has 0 unspecified atom stereocenters. The smallest absolute Gasteiger partial charge is 0.270 e. The molecular formula is C20H25N3O2. The molecule has 0 bridgehead atoms. The van der Waals surface area contributed by atoms with E-state index in [1.807, 2.05) is 31.2 Å². The number of aryl methyl sites for hydroxylation is 1. The highest BCUT2D eigenvalue weighted by molar-refractivity contribution is 5.96. The molecule has 2 rings (SSSR count). The van der Waals surface area contributed by atoms with Gasteiger partial charge in [0.2, 0.25) is 0 Å². The molecule has 0 aliphatic carbocycles. The van der Waals surface area contributed by atoms with E-state index in [9.17, 15) is 9.59 Å². The van der Waals surface area contributed by atoms with Gasteiger partial charge in [0, 0.05) is 13.1 Å². The summed E-state index contributed by atoms with van der Waals surface area (Å²) in [6.45, 7) is 7.24. The highest BCUT2D eigenvalue weighted by atomic mass is 16.2. The Morgan fingerprint density at radius 3 is 2.16 bits per heavy atom. The van der Waals surface area contributed by atoms with Crippen LogP contribution in [0.25, 0.3) is 0 Å². The third kappa shape index (κ3) is 6.03. The molecule has 2 N–H and O–H groups in total. The average Bonchev–Trinajstić information content (AvgIpc) is 2.60. The van der Waals surface area contributed by atoms with E-state index in [-0.39, 0.29) is 23.2 Å². The minimum absolute atomic E-state index is 0.239. The van der Waals surface area contributed by atoms with Gasteiger partial charge in [-0.1, -0.05) is 49.7 Å². The van der Waals surface area contributed by atoms with Crippen molar-refractivity contribution in [1.82, 2.24) is 15.6 Å². The van der Waals surface area contributed by atoms with Gasteiger partial charge >= 0.3 is 0 Å². The normalized spacial score (nSPS) is 10.6. The number of amides is 2. The molecular weight excluding hydrogens is 314 g/mol. The van der Waals surface area contributed by atoms with Crippen molar-refractivity contribution in [3.05, 3.63) is 65.0 Å². The average molecular weight is 339 g/mol. The molecule has 1 aromatic heterocycles. The van der Waals surface area contributed by atoms with Gasteiger partial charge in [0.15, 0.2) is 0 Å². The van der Waals surface area contributed by atoms with Crippen molar-refractivity contribution in [3.8, 4) is 0 Å². The van der Waals surface area contributed by atoms with Gasteiger partial charge in [-0.25, -0.2) is 4.98 Å². The second-order valence-electron chi connectivity index (χ2n) is 6.51. The second kappa shape index (κ2) is 8.97. The maximum absolute atomic E-state index is 12.3. The Hall–Kier alpha value is -2.69. The van der Waals surface area contributed by atoms with Crippen LogP contribution in [-0.2, 0) is 6.54 Å². The van der Waals surface area contributed by atoms with Crippen LogP contribution in [0.3, 0.4) is 0 Å². The molecule has 1 heterocycles. The van der Waals surface area contributed by atoms with E-state index in [0.717, 1.165) is 12.0 Å². The third-order valence-corrected chi connectivity index (χ3v) is 3.80. The molecule has 0 radical (unpaired) electrons. The molecule has 132 valence electrons. The second-order valence-corrected chi connectivity index (χ2v) is 6.51. The monoisotopic (exact) mass is 339 g/mol. The number of hydrogen-bond donors (Lipinski definition) is 2. The summed E-state index contributed by atoms with van der Waals surface area (Å²) in [6.07, 6.45) is 0.905. The van der Waals surface area contributed by atoms with Gasteiger partial charge in [-0.2, -0.15) is 0 Å². The Labute approximate surface area is 148 Å². The maximum Gasteiger partial charge on any atom is 0.270 e. The lowest BCUT2D eigenvalue weighted by Crippen LogP contribution is -2.28. The van der Waals surface area contributed by atoms with Crippen molar-refractivity contribution in [2.75, 3.05) is 6.54 Å². The quantitative estimate of drug-likeness (QED) is 0.814. The van der Waals surface area contributed by atoms with Gasteiger partial charge in [-0.05, 0) is 37.0 Å². The largest absolute Gasteiger partial charge is 0.351 e. The fraction of sp³-hybridized carbons (Fsp3) is 0.350. The summed E-state index contributed by atoms with van der Waals surface area (Å²) in [5, 5.41) is 5.65. The molecule has 2 aromatic rings. The van der Waals surface area contributed by atoms with Crippen LogP contribution in [0, 0.1) is 12.8 Å². The number of aromatic nitrogens is 1. The Morgan fingerprint density at radius 2 is 1.56 bits per heavy atom. The minimum Gasteiger partial charge on any atom is -0.351 e. The van der Waals surface area contributed by atoms with Crippen LogP contribution in [0.4, 0.5) is 0 Å². The number of carbonyl (C=O) groups is 2. The molecule has 1 aromatic carbocycles. The van der Waals surface area contributed by atoms with Gasteiger partial charge in [0.05, 0.1) is 0 Å². The zero-order valence-electron chi connectivity index (χ0n) is 15.0. The maximum atomic E-state index is 12.3. The van der Waals surface area contributed by atoms with Gasteiger partial charge in [-0.15, -0.1) is 0 Å². The molecule has 0 fully saturated rings. The first kappa shape index (κ1) is 18.6. The van der Waals surface area contributed by atoms with Crippen molar-refractivity contribution in [3.63, 3.8) is 0 Å². The lowest BCUT2D eigenvalue weighted by atomic mass is 10.1. The van der Waals surface area contributed by atoms with Gasteiger partial charge in [-0.3, -0.25) is 9.59 Å². The number of rotatable bonds is 7. The lowest BCUT2D eigenvalue weighted by molar-refractivity contribution is 0.0942. The van der Waals surface area contributed by atoms with Crippen molar-refractivity contribution < 1.29 is 9.59 Å². The van der Waals surface area contributed by atoms with Crippen LogP contribution < -0.4 is 10.6 Å². The van der Waals surface area contributed by atoms with Crippen LogP contribution >= 0.6 is 0 Å². The van der Waals surface area contributed by atoms with Gasteiger partial charge in [0.1, 0.15) is 11.4 Å². The van der Waals surface area contributed by atoms with Crippen LogP contribution in [0.2, 0.25) is 0 Å². The van der Waals surface area contributed by atoms with E-state index in [0.29, 0.717) is 19.0 Å². The third-order valence-electron chi connectivity index (χ3n) is 3.80. The standard InChI is InChI=1S/C20H25N3O2/c1-14(2)11-12-21-19(24)17-5-4-6-18(23-17)20(25)22-13-16-9-7-15(3)8-10-16/h4-10,14H,11-13H2,1-3H3,(H,21,24)(H,22,25). The molecule has 0 saturated heterocycles. The Morgan fingerprint density at radius 1 is 0.960 bits per heavy atom. The fourth-order valence-corrected chi connectivity index (χ4v) is 2.23. The number of carbonyl (C=O) groups excluding carboxylic acids is 2. The topological polar surface area (TPSA) is 71.1 Å². The van der Waals surface area contributed by atoms with Crippen molar-refractivity contribution >= 4 is 11.8 Å². The minimum atomic E-state index is -0.294. The first-order valence-corrected chi connectivity index (χ1v) is 8.54.